The summed E-state index contributed by atoms with van der Waals surface area (Å²) in [4.78, 5) is 11.2. The SMILES string of the molecule is CCc1c(OC)[nH]n(C)c1=O. The Bertz CT molecular complexity index is 298. The van der Waals surface area contributed by atoms with E-state index in [9.17, 15) is 4.79 Å². The summed E-state index contributed by atoms with van der Waals surface area (Å²) >= 11 is 0. The highest BCUT2D eigenvalue weighted by atomic mass is 16.5. The molecule has 0 amide bonds. The van der Waals surface area contributed by atoms with Crippen molar-refractivity contribution < 1.29 is 4.74 Å². The van der Waals surface area contributed by atoms with Crippen LogP contribution in [0.4, 0.5) is 0 Å². The van der Waals surface area contributed by atoms with Gasteiger partial charge in [-0.05, 0) is 6.42 Å². The van der Waals surface area contributed by atoms with Crippen LogP contribution in [0, 0.1) is 0 Å². The van der Waals surface area contributed by atoms with Gasteiger partial charge in [0.25, 0.3) is 5.56 Å². The maximum atomic E-state index is 11.2. The zero-order valence-corrected chi connectivity index (χ0v) is 6.97. The number of hydrogen-bond donors (Lipinski definition) is 1. The lowest BCUT2D eigenvalue weighted by molar-refractivity contribution is 0.388. The van der Waals surface area contributed by atoms with Gasteiger partial charge in [-0.1, -0.05) is 6.92 Å². The fraction of sp³-hybridized carbons (Fsp3) is 0.571. The molecule has 0 spiro atoms. The molecule has 0 atom stereocenters. The van der Waals surface area contributed by atoms with Gasteiger partial charge in [-0.15, -0.1) is 0 Å². The third-order valence-electron chi connectivity index (χ3n) is 1.66. The number of ether oxygens (including phenoxy) is 1. The highest BCUT2D eigenvalue weighted by molar-refractivity contribution is 5.22. The highest BCUT2D eigenvalue weighted by Gasteiger charge is 2.09. The van der Waals surface area contributed by atoms with Crippen molar-refractivity contribution in [2.24, 2.45) is 7.05 Å². The molecule has 0 aliphatic heterocycles. The van der Waals surface area contributed by atoms with Crippen molar-refractivity contribution >= 4 is 0 Å². The van der Waals surface area contributed by atoms with E-state index in [1.807, 2.05) is 6.92 Å². The first-order valence-corrected chi connectivity index (χ1v) is 3.52. The van der Waals surface area contributed by atoms with E-state index < -0.39 is 0 Å². The van der Waals surface area contributed by atoms with Crippen LogP contribution in [0.3, 0.4) is 0 Å². The zero-order chi connectivity index (χ0) is 8.43. The fourth-order valence-electron chi connectivity index (χ4n) is 1.05. The van der Waals surface area contributed by atoms with Crippen molar-refractivity contribution in [3.8, 4) is 5.88 Å². The predicted octanol–water partition coefficient (Wildman–Crippen LogP) is 0.284. The van der Waals surface area contributed by atoms with Crippen molar-refractivity contribution in [3.63, 3.8) is 0 Å². The molecule has 0 aliphatic carbocycles. The number of H-pyrrole nitrogens is 1. The molecule has 1 aromatic rings. The van der Waals surface area contributed by atoms with Crippen molar-refractivity contribution in [2.45, 2.75) is 13.3 Å². The van der Waals surface area contributed by atoms with Gasteiger partial charge >= 0.3 is 0 Å². The van der Waals surface area contributed by atoms with E-state index in [4.69, 9.17) is 4.74 Å². The maximum absolute atomic E-state index is 11.2. The van der Waals surface area contributed by atoms with Crippen LogP contribution >= 0.6 is 0 Å². The van der Waals surface area contributed by atoms with Crippen LogP contribution in [0.1, 0.15) is 12.5 Å². The van der Waals surface area contributed by atoms with Gasteiger partial charge < -0.3 is 4.74 Å². The minimum Gasteiger partial charge on any atom is -0.481 e. The Morgan fingerprint density at radius 1 is 1.64 bits per heavy atom. The Balaban J connectivity index is 3.27. The first kappa shape index (κ1) is 7.91. The second-order valence-corrected chi connectivity index (χ2v) is 2.34. The summed E-state index contributed by atoms with van der Waals surface area (Å²) in [7, 11) is 3.22. The second-order valence-electron chi connectivity index (χ2n) is 2.34. The Morgan fingerprint density at radius 3 is 2.64 bits per heavy atom. The van der Waals surface area contributed by atoms with Crippen LogP contribution < -0.4 is 10.3 Å². The molecule has 0 radical (unpaired) electrons. The van der Waals surface area contributed by atoms with Gasteiger partial charge in [0.2, 0.25) is 5.88 Å². The highest BCUT2D eigenvalue weighted by Crippen LogP contribution is 2.09. The van der Waals surface area contributed by atoms with E-state index in [1.54, 1.807) is 14.2 Å². The van der Waals surface area contributed by atoms with Crippen molar-refractivity contribution in [2.75, 3.05) is 7.11 Å². The molecule has 0 aliphatic rings. The normalized spacial score (nSPS) is 10.1. The quantitative estimate of drug-likeness (QED) is 0.668. The van der Waals surface area contributed by atoms with Crippen LogP contribution in [0.2, 0.25) is 0 Å². The lowest BCUT2D eigenvalue weighted by atomic mass is 10.3. The van der Waals surface area contributed by atoms with Crippen LogP contribution in [0.15, 0.2) is 4.79 Å². The minimum absolute atomic E-state index is 0.00986. The summed E-state index contributed by atoms with van der Waals surface area (Å²) in [6.45, 7) is 1.92. The smallest absolute Gasteiger partial charge is 0.273 e. The van der Waals surface area contributed by atoms with E-state index >= 15 is 0 Å². The summed E-state index contributed by atoms with van der Waals surface area (Å²) in [6.07, 6.45) is 0.694. The van der Waals surface area contributed by atoms with Crippen LogP contribution in [0.5, 0.6) is 5.88 Å². The Morgan fingerprint density at radius 2 is 2.27 bits per heavy atom. The fourth-order valence-corrected chi connectivity index (χ4v) is 1.05. The molecule has 1 heterocycles. The Labute approximate surface area is 64.8 Å². The lowest BCUT2D eigenvalue weighted by Crippen LogP contribution is -2.14. The molecular formula is C7H12N2O2. The van der Waals surface area contributed by atoms with Gasteiger partial charge in [-0.2, -0.15) is 0 Å². The van der Waals surface area contributed by atoms with Gasteiger partial charge in [-0.3, -0.25) is 14.6 Å². The number of aromatic amines is 1. The van der Waals surface area contributed by atoms with Gasteiger partial charge in [0, 0.05) is 7.05 Å². The number of aromatic nitrogens is 2. The molecule has 0 bridgehead atoms. The standard InChI is InChI=1S/C7H12N2O2/c1-4-5-6(11-3)8-9(2)7(5)10/h8H,4H2,1-3H3. The van der Waals surface area contributed by atoms with E-state index in [1.165, 1.54) is 4.68 Å². The molecule has 11 heavy (non-hydrogen) atoms. The first-order valence-electron chi connectivity index (χ1n) is 3.52. The molecule has 0 saturated heterocycles. The van der Waals surface area contributed by atoms with Gasteiger partial charge in [0.1, 0.15) is 0 Å². The summed E-state index contributed by atoms with van der Waals surface area (Å²) in [5.74, 6) is 0.569. The molecule has 62 valence electrons. The predicted molar refractivity (Wildman–Crippen MR) is 42.0 cm³/mol. The van der Waals surface area contributed by atoms with Crippen molar-refractivity contribution in [1.29, 1.82) is 0 Å². The maximum Gasteiger partial charge on any atom is 0.273 e. The molecule has 1 rings (SSSR count). The molecule has 0 aromatic carbocycles. The van der Waals surface area contributed by atoms with Crippen molar-refractivity contribution in [1.82, 2.24) is 9.78 Å². The number of rotatable bonds is 2. The van der Waals surface area contributed by atoms with E-state index in [0.717, 1.165) is 0 Å². The second kappa shape index (κ2) is 2.82. The molecule has 0 unspecified atom stereocenters. The number of hydrogen-bond acceptors (Lipinski definition) is 2. The third kappa shape index (κ3) is 1.15. The summed E-state index contributed by atoms with van der Waals surface area (Å²) in [6, 6.07) is 0. The van der Waals surface area contributed by atoms with E-state index in [-0.39, 0.29) is 5.56 Å². The molecule has 1 aromatic heterocycles. The first-order chi connectivity index (χ1) is 5.20. The van der Waals surface area contributed by atoms with E-state index in [2.05, 4.69) is 5.10 Å². The lowest BCUT2D eigenvalue weighted by Gasteiger charge is -1.94. The molecule has 4 heteroatoms. The third-order valence-corrected chi connectivity index (χ3v) is 1.66. The largest absolute Gasteiger partial charge is 0.481 e. The summed E-state index contributed by atoms with van der Waals surface area (Å²) in [5, 5.41) is 2.80. The summed E-state index contributed by atoms with van der Waals surface area (Å²) < 4.78 is 6.38. The van der Waals surface area contributed by atoms with Crippen LogP contribution in [0.25, 0.3) is 0 Å². The molecule has 0 saturated carbocycles. The van der Waals surface area contributed by atoms with E-state index in [0.29, 0.717) is 17.9 Å². The Hall–Kier alpha value is -1.19. The Kier molecular flexibility index (Phi) is 2.03. The van der Waals surface area contributed by atoms with Crippen LogP contribution in [-0.4, -0.2) is 16.9 Å². The minimum atomic E-state index is -0.00986. The summed E-state index contributed by atoms with van der Waals surface area (Å²) in [5.41, 5.74) is 0.694. The molecular weight excluding hydrogens is 144 g/mol. The van der Waals surface area contributed by atoms with Gasteiger partial charge in [0.05, 0.1) is 12.7 Å². The molecule has 1 N–H and O–H groups in total. The molecule has 4 nitrogen and oxygen atoms in total. The van der Waals surface area contributed by atoms with Crippen LogP contribution in [-0.2, 0) is 13.5 Å². The molecule has 0 fully saturated rings. The average Bonchev–Trinajstić information content (AvgIpc) is 2.28. The number of nitrogens with zero attached hydrogens (tertiary/aromatic N) is 1. The van der Waals surface area contributed by atoms with Gasteiger partial charge in [-0.25, -0.2) is 0 Å². The zero-order valence-electron chi connectivity index (χ0n) is 6.97. The number of methoxy groups -OCH3 is 1. The van der Waals surface area contributed by atoms with Crippen molar-refractivity contribution in [3.05, 3.63) is 15.9 Å². The van der Waals surface area contributed by atoms with Gasteiger partial charge in [0.15, 0.2) is 0 Å². The number of nitrogens with one attached hydrogen (secondary N) is 1. The number of aryl methyl sites for hydroxylation is 1. The average molecular weight is 156 g/mol. The monoisotopic (exact) mass is 156 g/mol. The topological polar surface area (TPSA) is 47.0 Å².